The number of piperidine rings is 1. The lowest BCUT2D eigenvalue weighted by Gasteiger charge is -2.36. The van der Waals surface area contributed by atoms with E-state index in [2.05, 4.69) is 9.72 Å². The van der Waals surface area contributed by atoms with Crippen molar-refractivity contribution in [3.05, 3.63) is 45.9 Å². The van der Waals surface area contributed by atoms with E-state index in [4.69, 9.17) is 16.3 Å². The molecule has 2 heterocycles. The lowest BCUT2D eigenvalue weighted by Crippen LogP contribution is -2.48. The van der Waals surface area contributed by atoms with E-state index < -0.39 is 16.9 Å². The van der Waals surface area contributed by atoms with E-state index in [1.54, 1.807) is 6.92 Å². The van der Waals surface area contributed by atoms with Crippen LogP contribution in [0.3, 0.4) is 0 Å². The van der Waals surface area contributed by atoms with E-state index in [0.717, 1.165) is 0 Å². The fourth-order valence-electron chi connectivity index (χ4n) is 3.58. The number of rotatable bonds is 8. The van der Waals surface area contributed by atoms with Gasteiger partial charge in [-0.25, -0.2) is 0 Å². The summed E-state index contributed by atoms with van der Waals surface area (Å²) in [5.74, 6) is -0.256. The van der Waals surface area contributed by atoms with Gasteiger partial charge in [0.2, 0.25) is 0 Å². The first-order chi connectivity index (χ1) is 14.9. The quantitative estimate of drug-likeness (QED) is 0.456. The van der Waals surface area contributed by atoms with Crippen LogP contribution in [0.5, 0.6) is 11.5 Å². The van der Waals surface area contributed by atoms with Crippen LogP contribution in [0.4, 0.5) is 19.0 Å². The van der Waals surface area contributed by atoms with Crippen LogP contribution in [0.2, 0.25) is 5.28 Å². The standard InChI is InChI=1S/C19H22ClF3N4O5/c1-18(28,12-26-10-16(27(29)30)24-17(26)20)11-25-8-6-14(7-9-25)31-13-2-4-15(5-3-13)32-19(21,22)23/h2-5,10,14,28H,6-9,11-12H2,1H3. The summed E-state index contributed by atoms with van der Waals surface area (Å²) in [5, 5.41) is 21.5. The van der Waals surface area contributed by atoms with Crippen LogP contribution in [0, 0.1) is 10.1 Å². The average molecular weight is 479 g/mol. The van der Waals surface area contributed by atoms with Gasteiger partial charge in [-0.15, -0.1) is 13.2 Å². The van der Waals surface area contributed by atoms with Gasteiger partial charge in [-0.1, -0.05) is 0 Å². The summed E-state index contributed by atoms with van der Waals surface area (Å²) in [6.45, 7) is 3.23. The maximum absolute atomic E-state index is 12.2. The maximum atomic E-state index is 12.2. The molecule has 1 aliphatic heterocycles. The Hall–Kier alpha value is -2.57. The summed E-state index contributed by atoms with van der Waals surface area (Å²) in [4.78, 5) is 15.8. The minimum atomic E-state index is -4.74. The number of imidazole rings is 1. The normalized spacial score (nSPS) is 17.7. The number of ether oxygens (including phenoxy) is 2. The molecule has 0 aliphatic carbocycles. The highest BCUT2D eigenvalue weighted by Gasteiger charge is 2.32. The molecule has 1 aliphatic rings. The van der Waals surface area contributed by atoms with E-state index in [1.165, 1.54) is 35.0 Å². The Morgan fingerprint density at radius 3 is 2.34 bits per heavy atom. The Morgan fingerprint density at radius 2 is 1.81 bits per heavy atom. The van der Waals surface area contributed by atoms with E-state index in [1.807, 2.05) is 4.90 Å². The summed E-state index contributed by atoms with van der Waals surface area (Å²) in [5.41, 5.74) is -1.21. The molecule has 1 aromatic carbocycles. The van der Waals surface area contributed by atoms with Crippen LogP contribution in [0.15, 0.2) is 30.5 Å². The molecule has 9 nitrogen and oxygen atoms in total. The van der Waals surface area contributed by atoms with Crippen LogP contribution >= 0.6 is 11.6 Å². The SMILES string of the molecule is CC(O)(CN1CCC(Oc2ccc(OC(F)(F)F)cc2)CC1)Cn1cc([N+](=O)[O-])nc1Cl. The third-order valence-electron chi connectivity index (χ3n) is 4.87. The van der Waals surface area contributed by atoms with Crippen LogP contribution in [-0.4, -0.2) is 62.2 Å². The van der Waals surface area contributed by atoms with Crippen molar-refractivity contribution in [2.75, 3.05) is 19.6 Å². The van der Waals surface area contributed by atoms with Crippen LogP contribution in [-0.2, 0) is 6.54 Å². The lowest BCUT2D eigenvalue weighted by atomic mass is 10.0. The predicted octanol–water partition coefficient (Wildman–Crippen LogP) is 3.64. The highest BCUT2D eigenvalue weighted by molar-refractivity contribution is 6.28. The monoisotopic (exact) mass is 478 g/mol. The zero-order valence-electron chi connectivity index (χ0n) is 17.1. The minimum Gasteiger partial charge on any atom is -0.490 e. The van der Waals surface area contributed by atoms with Crippen LogP contribution in [0.25, 0.3) is 0 Å². The first kappa shape index (κ1) is 24.1. The fourth-order valence-corrected chi connectivity index (χ4v) is 3.77. The molecule has 1 unspecified atom stereocenters. The number of hydrogen-bond acceptors (Lipinski definition) is 7. The van der Waals surface area contributed by atoms with Gasteiger partial charge in [0, 0.05) is 19.6 Å². The molecule has 0 amide bonds. The number of β-amino-alcohol motifs (C(OH)–C–C–N with tert-alkyl or cyclic N) is 1. The van der Waals surface area contributed by atoms with Gasteiger partial charge in [0.05, 0.1) is 12.1 Å². The zero-order chi connectivity index (χ0) is 23.5. The average Bonchev–Trinajstić information content (AvgIpc) is 3.03. The van der Waals surface area contributed by atoms with Crippen molar-refractivity contribution >= 4 is 17.4 Å². The Kier molecular flexibility index (Phi) is 7.16. The Bertz CT molecular complexity index is 928. The molecule has 1 atom stereocenters. The first-order valence-corrected chi connectivity index (χ1v) is 10.1. The van der Waals surface area contributed by atoms with Crippen LogP contribution < -0.4 is 9.47 Å². The summed E-state index contributed by atoms with van der Waals surface area (Å²) in [6, 6.07) is 5.24. The van der Waals surface area contributed by atoms with Gasteiger partial charge in [0.25, 0.3) is 0 Å². The smallest absolute Gasteiger partial charge is 0.490 e. The largest absolute Gasteiger partial charge is 0.573 e. The molecule has 13 heteroatoms. The van der Waals surface area contributed by atoms with E-state index in [-0.39, 0.29) is 29.5 Å². The Balaban J connectivity index is 1.47. The zero-order valence-corrected chi connectivity index (χ0v) is 17.8. The third kappa shape index (κ3) is 6.97. The Morgan fingerprint density at radius 1 is 1.22 bits per heavy atom. The highest BCUT2D eigenvalue weighted by Crippen LogP contribution is 2.27. The number of benzene rings is 1. The van der Waals surface area contributed by atoms with Crippen molar-refractivity contribution in [1.82, 2.24) is 14.5 Å². The van der Waals surface area contributed by atoms with Crippen molar-refractivity contribution < 1.29 is 32.7 Å². The molecule has 2 aromatic rings. The molecule has 1 saturated heterocycles. The number of nitro groups is 1. The van der Waals surface area contributed by atoms with Gasteiger partial charge in [0.15, 0.2) is 0 Å². The maximum Gasteiger partial charge on any atom is 0.573 e. The summed E-state index contributed by atoms with van der Waals surface area (Å²) in [7, 11) is 0. The number of alkyl halides is 3. The van der Waals surface area contributed by atoms with E-state index in [0.29, 0.717) is 38.2 Å². The second-order valence-corrected chi connectivity index (χ2v) is 8.20. The topological polar surface area (TPSA) is 103 Å². The number of hydrogen-bond donors (Lipinski definition) is 1. The van der Waals surface area contributed by atoms with Gasteiger partial charge in [-0.3, -0.25) is 4.57 Å². The molecule has 0 bridgehead atoms. The molecule has 32 heavy (non-hydrogen) atoms. The molecule has 0 radical (unpaired) electrons. The van der Waals surface area contributed by atoms with Gasteiger partial charge in [-0.05, 0) is 65.5 Å². The number of aliphatic hydroxyl groups is 1. The molecular formula is C19H22ClF3N4O5. The predicted molar refractivity (Wildman–Crippen MR) is 108 cm³/mol. The van der Waals surface area contributed by atoms with Crippen molar-refractivity contribution in [3.8, 4) is 11.5 Å². The van der Waals surface area contributed by atoms with E-state index >= 15 is 0 Å². The summed E-state index contributed by atoms with van der Waals surface area (Å²) in [6.07, 6.45) is -2.35. The van der Waals surface area contributed by atoms with Gasteiger partial charge < -0.3 is 29.6 Å². The molecule has 0 spiro atoms. The molecule has 1 N–H and O–H groups in total. The van der Waals surface area contributed by atoms with Crippen molar-refractivity contribution in [1.29, 1.82) is 0 Å². The molecular weight excluding hydrogens is 457 g/mol. The summed E-state index contributed by atoms with van der Waals surface area (Å²) < 4.78 is 47.7. The second-order valence-electron chi connectivity index (χ2n) is 7.86. The first-order valence-electron chi connectivity index (χ1n) is 9.74. The molecule has 0 saturated carbocycles. The molecule has 1 fully saturated rings. The third-order valence-corrected chi connectivity index (χ3v) is 5.17. The number of halogens is 4. The van der Waals surface area contributed by atoms with E-state index in [9.17, 15) is 28.4 Å². The van der Waals surface area contributed by atoms with Gasteiger partial charge in [0.1, 0.15) is 23.8 Å². The molecule has 3 rings (SSSR count). The Labute approximate surface area is 186 Å². The van der Waals surface area contributed by atoms with Crippen LogP contribution in [0.1, 0.15) is 19.8 Å². The van der Waals surface area contributed by atoms with Gasteiger partial charge >= 0.3 is 17.5 Å². The highest BCUT2D eigenvalue weighted by atomic mass is 35.5. The molecule has 1 aromatic heterocycles. The lowest BCUT2D eigenvalue weighted by molar-refractivity contribution is -0.389. The van der Waals surface area contributed by atoms with Crippen molar-refractivity contribution in [2.45, 2.75) is 44.4 Å². The molecule has 176 valence electrons. The fraction of sp³-hybridized carbons (Fsp3) is 0.526. The number of aromatic nitrogens is 2. The van der Waals surface area contributed by atoms with Crippen molar-refractivity contribution in [2.24, 2.45) is 0 Å². The second kappa shape index (κ2) is 9.51. The number of likely N-dealkylation sites (tertiary alicyclic amines) is 1. The van der Waals surface area contributed by atoms with Gasteiger partial charge in [-0.2, -0.15) is 0 Å². The summed E-state index contributed by atoms with van der Waals surface area (Å²) >= 11 is 5.92. The number of nitrogens with zero attached hydrogens (tertiary/aromatic N) is 4. The van der Waals surface area contributed by atoms with Crippen molar-refractivity contribution in [3.63, 3.8) is 0 Å². The minimum absolute atomic E-state index is 0.0372.